The summed E-state index contributed by atoms with van der Waals surface area (Å²) in [6.07, 6.45) is 2.68. The van der Waals surface area contributed by atoms with Crippen molar-refractivity contribution in [1.29, 1.82) is 0 Å². The molecule has 0 aliphatic heterocycles. The summed E-state index contributed by atoms with van der Waals surface area (Å²) in [5, 5.41) is 2.97. The Morgan fingerprint density at radius 3 is 2.45 bits per heavy atom. The van der Waals surface area contributed by atoms with E-state index >= 15 is 0 Å². The Morgan fingerprint density at radius 2 is 1.77 bits per heavy atom. The lowest BCUT2D eigenvalue weighted by Gasteiger charge is -2.18. The van der Waals surface area contributed by atoms with Crippen molar-refractivity contribution < 1.29 is 9.18 Å². The van der Waals surface area contributed by atoms with E-state index in [9.17, 15) is 9.18 Å². The van der Waals surface area contributed by atoms with Crippen LogP contribution in [0.4, 0.5) is 4.39 Å². The van der Waals surface area contributed by atoms with Gasteiger partial charge in [-0.25, -0.2) is 4.39 Å². The number of nitrogens with one attached hydrogen (secondary N) is 1. The van der Waals surface area contributed by atoms with E-state index in [0.717, 1.165) is 12.1 Å². The maximum absolute atomic E-state index is 14.2. The first-order chi connectivity index (χ1) is 10.7. The summed E-state index contributed by atoms with van der Waals surface area (Å²) < 4.78 is 14.2. The van der Waals surface area contributed by atoms with Crippen LogP contribution in [0.1, 0.15) is 36.3 Å². The van der Waals surface area contributed by atoms with Gasteiger partial charge in [-0.2, -0.15) is 0 Å². The van der Waals surface area contributed by atoms with Crippen molar-refractivity contribution in [2.24, 2.45) is 5.92 Å². The van der Waals surface area contributed by atoms with Gasteiger partial charge in [0, 0.05) is 18.9 Å². The largest absolute Gasteiger partial charge is 0.356 e. The monoisotopic (exact) mass is 297 g/mol. The number of hydrogen-bond acceptors (Lipinski definition) is 1. The Labute approximate surface area is 130 Å². The van der Waals surface area contributed by atoms with Gasteiger partial charge in [-0.05, 0) is 36.0 Å². The lowest BCUT2D eigenvalue weighted by Crippen LogP contribution is -2.27. The van der Waals surface area contributed by atoms with Crippen molar-refractivity contribution in [2.75, 3.05) is 6.54 Å². The maximum Gasteiger partial charge on any atom is 0.220 e. The molecule has 0 unspecified atom stereocenters. The van der Waals surface area contributed by atoms with Crippen molar-refractivity contribution in [1.82, 2.24) is 5.32 Å². The highest BCUT2D eigenvalue weighted by Crippen LogP contribution is 2.30. The van der Waals surface area contributed by atoms with Crippen LogP contribution < -0.4 is 5.32 Å². The zero-order chi connectivity index (χ0) is 15.4. The lowest BCUT2D eigenvalue weighted by atomic mass is 9.88. The van der Waals surface area contributed by atoms with Gasteiger partial charge in [-0.15, -0.1) is 0 Å². The number of halogens is 1. The molecule has 1 saturated carbocycles. The Hall–Kier alpha value is -2.16. The minimum Gasteiger partial charge on any atom is -0.356 e. The summed E-state index contributed by atoms with van der Waals surface area (Å²) in [5.41, 5.74) is 1.55. The molecule has 3 rings (SSSR count). The number of benzene rings is 2. The van der Waals surface area contributed by atoms with Gasteiger partial charge in [0.2, 0.25) is 5.91 Å². The minimum atomic E-state index is -0.258. The third-order valence-electron chi connectivity index (χ3n) is 4.16. The van der Waals surface area contributed by atoms with Gasteiger partial charge in [0.25, 0.3) is 0 Å². The highest BCUT2D eigenvalue weighted by atomic mass is 19.1. The molecule has 3 heteroatoms. The molecule has 2 aromatic rings. The minimum absolute atomic E-state index is 0.0102. The molecule has 2 aromatic carbocycles. The van der Waals surface area contributed by atoms with Crippen molar-refractivity contribution in [3.63, 3.8) is 0 Å². The Bertz CT molecular complexity index is 637. The molecule has 1 atom stereocenters. The van der Waals surface area contributed by atoms with E-state index < -0.39 is 0 Å². The van der Waals surface area contributed by atoms with E-state index in [4.69, 9.17) is 0 Å². The van der Waals surface area contributed by atoms with Crippen molar-refractivity contribution >= 4 is 5.91 Å². The second-order valence-electron chi connectivity index (χ2n) is 5.94. The fourth-order valence-corrected chi connectivity index (χ4v) is 2.69. The van der Waals surface area contributed by atoms with E-state index in [0.29, 0.717) is 11.5 Å². The van der Waals surface area contributed by atoms with E-state index in [1.54, 1.807) is 12.1 Å². The van der Waals surface area contributed by atoms with Crippen LogP contribution in [0.15, 0.2) is 54.6 Å². The summed E-state index contributed by atoms with van der Waals surface area (Å²) in [4.78, 5) is 12.2. The highest BCUT2D eigenvalue weighted by molar-refractivity contribution is 5.77. The fraction of sp³-hybridized carbons (Fsp3) is 0.316. The quantitative estimate of drug-likeness (QED) is 0.861. The molecule has 0 bridgehead atoms. The van der Waals surface area contributed by atoms with Gasteiger partial charge in [-0.3, -0.25) is 4.79 Å². The molecule has 1 fully saturated rings. The summed E-state index contributed by atoms with van der Waals surface area (Å²) in [7, 11) is 0. The van der Waals surface area contributed by atoms with Gasteiger partial charge in [-0.1, -0.05) is 48.5 Å². The van der Waals surface area contributed by atoms with Gasteiger partial charge < -0.3 is 5.32 Å². The van der Waals surface area contributed by atoms with Crippen LogP contribution >= 0.6 is 0 Å². The summed E-state index contributed by atoms with van der Waals surface area (Å²) in [6.45, 7) is 0.748. The molecular weight excluding hydrogens is 277 g/mol. The second-order valence-corrected chi connectivity index (χ2v) is 5.94. The molecule has 0 saturated heterocycles. The molecule has 0 spiro atoms. The van der Waals surface area contributed by atoms with E-state index in [1.165, 1.54) is 18.9 Å². The van der Waals surface area contributed by atoms with Gasteiger partial charge >= 0.3 is 0 Å². The van der Waals surface area contributed by atoms with Crippen molar-refractivity contribution in [3.05, 3.63) is 71.5 Å². The third-order valence-corrected chi connectivity index (χ3v) is 4.16. The molecule has 0 aromatic heterocycles. The predicted molar refractivity (Wildman–Crippen MR) is 85.0 cm³/mol. The molecule has 0 heterocycles. The molecule has 0 radical (unpaired) electrons. The van der Waals surface area contributed by atoms with Crippen LogP contribution in [0.25, 0.3) is 0 Å². The normalized spacial score (nSPS) is 15.3. The molecule has 2 nitrogen and oxygen atoms in total. The predicted octanol–water partition coefficient (Wildman–Crippen LogP) is 3.87. The summed E-state index contributed by atoms with van der Waals surface area (Å²) in [5.74, 6) is 0.129. The fourth-order valence-electron chi connectivity index (χ4n) is 2.69. The molecule has 22 heavy (non-hydrogen) atoms. The smallest absolute Gasteiger partial charge is 0.220 e. The topological polar surface area (TPSA) is 29.1 Å². The van der Waals surface area contributed by atoms with Crippen LogP contribution in [0.5, 0.6) is 0 Å². The van der Waals surface area contributed by atoms with Crippen LogP contribution in [0, 0.1) is 11.7 Å². The van der Waals surface area contributed by atoms with E-state index in [-0.39, 0.29) is 24.1 Å². The lowest BCUT2D eigenvalue weighted by molar-refractivity contribution is -0.121. The van der Waals surface area contributed by atoms with Gasteiger partial charge in [0.1, 0.15) is 5.82 Å². The maximum atomic E-state index is 14.2. The van der Waals surface area contributed by atoms with Crippen LogP contribution in [-0.4, -0.2) is 12.5 Å². The van der Waals surface area contributed by atoms with Crippen LogP contribution in [0.3, 0.4) is 0 Å². The second kappa shape index (κ2) is 6.73. The molecular formula is C19H20FNO. The Balaban J connectivity index is 1.80. The van der Waals surface area contributed by atoms with Crippen LogP contribution in [-0.2, 0) is 4.79 Å². The number of rotatable bonds is 6. The Morgan fingerprint density at radius 1 is 1.09 bits per heavy atom. The van der Waals surface area contributed by atoms with Crippen molar-refractivity contribution in [3.8, 4) is 0 Å². The SMILES string of the molecule is O=C(C[C@H](c1ccccc1)c1ccccc1F)NCC1CC1. The summed E-state index contributed by atoms with van der Waals surface area (Å²) in [6, 6.07) is 16.4. The average molecular weight is 297 g/mol. The zero-order valence-corrected chi connectivity index (χ0v) is 12.5. The highest BCUT2D eigenvalue weighted by Gasteiger charge is 2.24. The number of carbonyl (C=O) groups is 1. The molecule has 114 valence electrons. The first kappa shape index (κ1) is 14.8. The average Bonchev–Trinajstić information content (AvgIpc) is 3.37. The molecule has 1 amide bonds. The standard InChI is InChI=1S/C19H20FNO/c20-18-9-5-4-8-16(18)17(15-6-2-1-3-7-15)12-19(22)21-13-14-10-11-14/h1-9,14,17H,10-13H2,(H,21,22)/t17-/m1/s1. The first-order valence-electron chi connectivity index (χ1n) is 7.80. The van der Waals surface area contributed by atoms with Crippen molar-refractivity contribution in [2.45, 2.75) is 25.2 Å². The van der Waals surface area contributed by atoms with Gasteiger partial charge in [0.05, 0.1) is 0 Å². The van der Waals surface area contributed by atoms with E-state index in [1.807, 2.05) is 36.4 Å². The summed E-state index contributed by atoms with van der Waals surface area (Å²) >= 11 is 0. The third kappa shape index (κ3) is 3.73. The zero-order valence-electron chi connectivity index (χ0n) is 12.5. The number of carbonyl (C=O) groups excluding carboxylic acids is 1. The Kier molecular flexibility index (Phi) is 4.52. The molecule has 1 aliphatic rings. The number of amides is 1. The van der Waals surface area contributed by atoms with Crippen LogP contribution in [0.2, 0.25) is 0 Å². The molecule has 1 N–H and O–H groups in total. The molecule has 1 aliphatic carbocycles. The van der Waals surface area contributed by atoms with E-state index in [2.05, 4.69) is 5.32 Å². The van der Waals surface area contributed by atoms with Gasteiger partial charge in [0.15, 0.2) is 0 Å². The number of hydrogen-bond donors (Lipinski definition) is 1. The first-order valence-corrected chi connectivity index (χ1v) is 7.80.